The molecule has 2 rings (SSSR count). The van der Waals surface area contributed by atoms with Gasteiger partial charge >= 0.3 is 0 Å². The summed E-state index contributed by atoms with van der Waals surface area (Å²) in [6.07, 6.45) is -1.01. The van der Waals surface area contributed by atoms with Gasteiger partial charge in [-0.25, -0.2) is 0 Å². The van der Waals surface area contributed by atoms with Gasteiger partial charge in [0.2, 0.25) is 5.91 Å². The fraction of sp³-hybridized carbons (Fsp3) is 0.667. The van der Waals surface area contributed by atoms with Crippen LogP contribution in [0.25, 0.3) is 0 Å². The molecule has 0 aromatic carbocycles. The molecule has 4 N–H and O–H groups in total. The molecule has 16 heavy (non-hydrogen) atoms. The Morgan fingerprint density at radius 3 is 2.75 bits per heavy atom. The van der Waals surface area contributed by atoms with E-state index < -0.39 is 24.5 Å². The van der Waals surface area contributed by atoms with Crippen molar-refractivity contribution in [2.75, 3.05) is 13.3 Å². The minimum Gasteiger partial charge on any atom is -0.394 e. The minimum atomic E-state index is -1.12. The van der Waals surface area contributed by atoms with Gasteiger partial charge < -0.3 is 30.3 Å². The van der Waals surface area contributed by atoms with E-state index in [9.17, 15) is 15.0 Å². The molecule has 0 spiro atoms. The number of aliphatic hydroxyl groups excluding tert-OH is 3. The summed E-state index contributed by atoms with van der Waals surface area (Å²) in [6.45, 7) is -0.166. The second kappa shape index (κ2) is 4.38. The lowest BCUT2D eigenvalue weighted by molar-refractivity contribution is -0.121. The Morgan fingerprint density at radius 2 is 2.25 bits per heavy atom. The number of carbonyl (C=O) groups excluding carboxylic acids is 1. The summed E-state index contributed by atoms with van der Waals surface area (Å²) in [5.74, 6) is -0.219. The molecule has 1 amide bonds. The highest BCUT2D eigenvalue weighted by atomic mass is 16.6. The van der Waals surface area contributed by atoms with E-state index in [0.29, 0.717) is 0 Å². The van der Waals surface area contributed by atoms with Crippen LogP contribution in [0.3, 0.4) is 0 Å². The maximum Gasteiger partial charge on any atom is 0.246 e. The van der Waals surface area contributed by atoms with Gasteiger partial charge in [-0.1, -0.05) is 0 Å². The van der Waals surface area contributed by atoms with Crippen LogP contribution in [0.2, 0.25) is 0 Å². The fourth-order valence-corrected chi connectivity index (χ4v) is 1.77. The molecule has 0 aliphatic carbocycles. The molecule has 0 radical (unpaired) electrons. The number of hydrogen-bond acceptors (Lipinski definition) is 6. The summed E-state index contributed by atoms with van der Waals surface area (Å²) in [7, 11) is 0. The zero-order valence-electron chi connectivity index (χ0n) is 8.48. The summed E-state index contributed by atoms with van der Waals surface area (Å²) in [6, 6.07) is 0. The van der Waals surface area contributed by atoms with Crippen LogP contribution in [-0.4, -0.2) is 63.9 Å². The van der Waals surface area contributed by atoms with E-state index in [-0.39, 0.29) is 19.2 Å². The predicted molar refractivity (Wildman–Crippen MR) is 51.7 cm³/mol. The molecule has 4 atom stereocenters. The van der Waals surface area contributed by atoms with Crippen LogP contribution in [0.5, 0.6) is 0 Å². The number of aliphatic hydroxyl groups is 3. The molecule has 0 bridgehead atoms. The Labute approximate surface area is 91.9 Å². The van der Waals surface area contributed by atoms with Gasteiger partial charge in [0.25, 0.3) is 0 Å². The average molecular weight is 230 g/mol. The molecular weight excluding hydrogens is 216 g/mol. The normalized spacial score (nSPS) is 38.9. The standard InChI is InChI=1S/C9H14N2O5/c12-3-5-7(14)8(15)9(16-5)11-2-1-6(13)10-4-11/h1-2,5,7-9,12,14-15H,3-4H2,(H,10,13)/t5-,7-,8-,9-/m1/s1. The van der Waals surface area contributed by atoms with Gasteiger partial charge in [0, 0.05) is 12.3 Å². The number of ether oxygens (including phenoxy) is 1. The maximum absolute atomic E-state index is 10.9. The summed E-state index contributed by atoms with van der Waals surface area (Å²) in [5.41, 5.74) is 0. The highest BCUT2D eigenvalue weighted by Gasteiger charge is 2.44. The largest absolute Gasteiger partial charge is 0.394 e. The van der Waals surface area contributed by atoms with Crippen molar-refractivity contribution in [2.45, 2.75) is 24.5 Å². The fourth-order valence-electron chi connectivity index (χ4n) is 1.77. The maximum atomic E-state index is 10.9. The van der Waals surface area contributed by atoms with Crippen LogP contribution in [0, 0.1) is 0 Å². The zero-order valence-corrected chi connectivity index (χ0v) is 8.48. The number of nitrogens with one attached hydrogen (secondary N) is 1. The Bertz CT molecular complexity index is 308. The predicted octanol–water partition coefficient (Wildman–Crippen LogP) is -2.67. The van der Waals surface area contributed by atoms with Crippen molar-refractivity contribution in [3.63, 3.8) is 0 Å². The lowest BCUT2D eigenvalue weighted by atomic mass is 10.1. The molecule has 0 saturated carbocycles. The molecule has 7 heteroatoms. The van der Waals surface area contributed by atoms with Crippen LogP contribution in [0.4, 0.5) is 0 Å². The van der Waals surface area contributed by atoms with Gasteiger partial charge in [0.05, 0.1) is 13.3 Å². The zero-order chi connectivity index (χ0) is 11.7. The van der Waals surface area contributed by atoms with E-state index in [1.807, 2.05) is 0 Å². The smallest absolute Gasteiger partial charge is 0.246 e. The molecule has 2 aliphatic heterocycles. The highest BCUT2D eigenvalue weighted by molar-refractivity contribution is 5.87. The van der Waals surface area contributed by atoms with Crippen molar-refractivity contribution >= 4 is 5.91 Å². The first-order chi connectivity index (χ1) is 7.63. The molecule has 0 aromatic rings. The summed E-state index contributed by atoms with van der Waals surface area (Å²) < 4.78 is 5.28. The van der Waals surface area contributed by atoms with Crippen LogP contribution in [0.1, 0.15) is 0 Å². The minimum absolute atomic E-state index is 0.196. The van der Waals surface area contributed by atoms with Crippen molar-refractivity contribution in [2.24, 2.45) is 0 Å². The lowest BCUT2D eigenvalue weighted by Crippen LogP contribution is -2.48. The average Bonchev–Trinajstić information content (AvgIpc) is 2.57. The second-order valence-corrected chi connectivity index (χ2v) is 3.76. The van der Waals surface area contributed by atoms with Gasteiger partial charge in [-0.15, -0.1) is 0 Å². The first-order valence-electron chi connectivity index (χ1n) is 4.97. The Hall–Kier alpha value is -1.15. The van der Waals surface area contributed by atoms with Crippen LogP contribution >= 0.6 is 0 Å². The van der Waals surface area contributed by atoms with E-state index in [2.05, 4.69) is 5.32 Å². The first-order valence-corrected chi connectivity index (χ1v) is 4.97. The monoisotopic (exact) mass is 230 g/mol. The highest BCUT2D eigenvalue weighted by Crippen LogP contribution is 2.24. The van der Waals surface area contributed by atoms with Gasteiger partial charge in [0.1, 0.15) is 18.3 Å². The van der Waals surface area contributed by atoms with E-state index >= 15 is 0 Å². The summed E-state index contributed by atoms with van der Waals surface area (Å²) in [5, 5.41) is 30.7. The summed E-state index contributed by atoms with van der Waals surface area (Å²) >= 11 is 0. The second-order valence-electron chi connectivity index (χ2n) is 3.76. The van der Waals surface area contributed by atoms with Gasteiger partial charge in [-0.3, -0.25) is 4.79 Å². The van der Waals surface area contributed by atoms with Crippen molar-refractivity contribution in [1.29, 1.82) is 0 Å². The third-order valence-electron chi connectivity index (χ3n) is 2.70. The molecule has 0 unspecified atom stereocenters. The SMILES string of the molecule is O=C1C=CN([C@@H]2O[C@H](CO)[C@@H](O)[C@H]2O)CN1. The van der Waals surface area contributed by atoms with E-state index in [4.69, 9.17) is 9.84 Å². The Balaban J connectivity index is 2.05. The molecule has 0 aromatic heterocycles. The third-order valence-corrected chi connectivity index (χ3v) is 2.70. The molecule has 7 nitrogen and oxygen atoms in total. The van der Waals surface area contributed by atoms with E-state index in [1.54, 1.807) is 4.90 Å². The van der Waals surface area contributed by atoms with Crippen molar-refractivity contribution in [1.82, 2.24) is 10.2 Å². The van der Waals surface area contributed by atoms with Gasteiger partial charge in [-0.2, -0.15) is 0 Å². The number of amides is 1. The van der Waals surface area contributed by atoms with Crippen LogP contribution in [0.15, 0.2) is 12.3 Å². The Morgan fingerprint density at radius 1 is 1.50 bits per heavy atom. The first kappa shape index (κ1) is 11.3. The number of nitrogens with zero attached hydrogens (tertiary/aromatic N) is 1. The van der Waals surface area contributed by atoms with Crippen molar-refractivity contribution in [3.8, 4) is 0 Å². The Kier molecular flexibility index (Phi) is 3.10. The number of carbonyl (C=O) groups is 1. The topological polar surface area (TPSA) is 102 Å². The lowest BCUT2D eigenvalue weighted by Gasteiger charge is -2.31. The van der Waals surface area contributed by atoms with E-state index in [1.165, 1.54) is 12.3 Å². The molecule has 1 saturated heterocycles. The molecule has 2 aliphatic rings. The quantitative estimate of drug-likeness (QED) is 0.412. The third kappa shape index (κ3) is 1.90. The molecule has 2 heterocycles. The van der Waals surface area contributed by atoms with Crippen LogP contribution < -0.4 is 5.32 Å². The van der Waals surface area contributed by atoms with Crippen LogP contribution in [-0.2, 0) is 9.53 Å². The molecule has 1 fully saturated rings. The molecule has 90 valence electrons. The number of hydrogen-bond donors (Lipinski definition) is 4. The van der Waals surface area contributed by atoms with Gasteiger partial charge in [0.15, 0.2) is 6.23 Å². The van der Waals surface area contributed by atoms with Crippen molar-refractivity contribution in [3.05, 3.63) is 12.3 Å². The molecular formula is C9H14N2O5. The van der Waals surface area contributed by atoms with E-state index in [0.717, 1.165) is 0 Å². The van der Waals surface area contributed by atoms with Crippen molar-refractivity contribution < 1.29 is 24.9 Å². The number of rotatable bonds is 2. The van der Waals surface area contributed by atoms with Gasteiger partial charge in [-0.05, 0) is 0 Å². The summed E-state index contributed by atoms with van der Waals surface area (Å²) in [4.78, 5) is 12.4.